The highest BCUT2D eigenvalue weighted by atomic mass is 19.4. The van der Waals surface area contributed by atoms with E-state index in [2.05, 4.69) is 9.97 Å². The summed E-state index contributed by atoms with van der Waals surface area (Å²) in [6.07, 6.45) is -1.53. The van der Waals surface area contributed by atoms with Crippen molar-refractivity contribution in [1.82, 2.24) is 19.8 Å². The van der Waals surface area contributed by atoms with Crippen molar-refractivity contribution in [3.8, 4) is 0 Å². The first-order chi connectivity index (χ1) is 15.1. The Morgan fingerprint density at radius 1 is 0.625 bits per heavy atom. The summed E-state index contributed by atoms with van der Waals surface area (Å²) in [5.41, 5.74) is -0.801. The second-order valence-corrected chi connectivity index (χ2v) is 7.18. The van der Waals surface area contributed by atoms with Gasteiger partial charge in [0.15, 0.2) is 0 Å². The molecule has 0 saturated carbocycles. The normalized spacial score (nSPS) is 17.2. The number of anilines is 2. The number of allylic oxidation sites excluding steroid dienone is 2. The molecule has 2 aliphatic rings. The summed E-state index contributed by atoms with van der Waals surface area (Å²) in [5.74, 6) is 0. The molecular formula is C20H18F6N6. The lowest BCUT2D eigenvalue weighted by atomic mass is 10.3. The topological polar surface area (TPSA) is 38.7 Å². The zero-order chi connectivity index (χ0) is 22.9. The predicted molar refractivity (Wildman–Crippen MR) is 105 cm³/mol. The zero-order valence-electron chi connectivity index (χ0n) is 16.6. The van der Waals surface area contributed by atoms with E-state index in [4.69, 9.17) is 0 Å². The number of hydrogen-bond donors (Lipinski definition) is 0. The van der Waals surface area contributed by atoms with Gasteiger partial charge in [-0.15, -0.1) is 0 Å². The Hall–Kier alpha value is -3.44. The van der Waals surface area contributed by atoms with Crippen molar-refractivity contribution in [3.63, 3.8) is 0 Å². The van der Waals surface area contributed by atoms with Gasteiger partial charge in [-0.25, -0.2) is 0 Å². The van der Waals surface area contributed by atoms with Crippen LogP contribution in [0, 0.1) is 0 Å². The Morgan fingerprint density at radius 2 is 0.969 bits per heavy atom. The summed E-state index contributed by atoms with van der Waals surface area (Å²) in [7, 11) is 0. The van der Waals surface area contributed by atoms with E-state index in [0.29, 0.717) is 11.4 Å². The smallest absolute Gasteiger partial charge is 0.347 e. The Morgan fingerprint density at radius 3 is 1.28 bits per heavy atom. The molecule has 0 radical (unpaired) electrons. The van der Waals surface area contributed by atoms with Crippen LogP contribution in [-0.4, -0.2) is 58.5 Å². The number of hydrogen-bond acceptors (Lipinski definition) is 6. The Balaban J connectivity index is 1.50. The highest BCUT2D eigenvalue weighted by Gasteiger charge is 2.44. The van der Waals surface area contributed by atoms with E-state index in [1.165, 1.54) is 34.6 Å². The molecule has 0 unspecified atom stereocenters. The van der Waals surface area contributed by atoms with Crippen molar-refractivity contribution < 1.29 is 26.3 Å². The minimum absolute atomic E-state index is 0.133. The molecule has 0 amide bonds. The molecule has 170 valence electrons. The summed E-state index contributed by atoms with van der Waals surface area (Å²) >= 11 is 0. The lowest BCUT2D eigenvalue weighted by molar-refractivity contribution is -0.114. The van der Waals surface area contributed by atoms with Crippen LogP contribution in [0.3, 0.4) is 0 Å². The fourth-order valence-electron chi connectivity index (χ4n) is 3.57. The fraction of sp³-hybridized carbons (Fsp3) is 0.300. The standard InChI is InChI=1S/C20H18F6N6/c21-19(22,23)17-11-31(15-1-5-27-6-2-15)13-29(17)9-10-30-14-32(12-18(30)20(24,25)26)16-3-7-28-8-4-16/h1-8,11-12H,9-10,13-14H2. The van der Waals surface area contributed by atoms with Crippen LogP contribution < -0.4 is 9.80 Å². The molecule has 0 aliphatic carbocycles. The molecule has 0 spiro atoms. The maximum absolute atomic E-state index is 13.6. The Kier molecular flexibility index (Phi) is 5.61. The van der Waals surface area contributed by atoms with Gasteiger partial charge in [0.05, 0.1) is 13.3 Å². The maximum atomic E-state index is 13.6. The monoisotopic (exact) mass is 456 g/mol. The molecule has 32 heavy (non-hydrogen) atoms. The van der Waals surface area contributed by atoms with Crippen LogP contribution in [0.15, 0.2) is 72.8 Å². The molecule has 2 aliphatic heterocycles. The summed E-state index contributed by atoms with van der Waals surface area (Å²) in [6, 6.07) is 6.24. The van der Waals surface area contributed by atoms with E-state index in [-0.39, 0.29) is 26.4 Å². The van der Waals surface area contributed by atoms with E-state index in [0.717, 1.165) is 22.2 Å². The van der Waals surface area contributed by atoms with Crippen molar-refractivity contribution in [2.24, 2.45) is 0 Å². The molecule has 0 saturated heterocycles. The van der Waals surface area contributed by atoms with Crippen molar-refractivity contribution >= 4 is 11.4 Å². The number of pyridine rings is 2. The molecule has 0 aromatic carbocycles. The van der Waals surface area contributed by atoms with E-state index in [1.54, 1.807) is 24.3 Å². The minimum Gasteiger partial charge on any atom is -0.347 e. The molecule has 0 bridgehead atoms. The molecule has 12 heteroatoms. The van der Waals surface area contributed by atoms with Crippen LogP contribution in [0.5, 0.6) is 0 Å². The van der Waals surface area contributed by atoms with Crippen molar-refractivity contribution in [2.45, 2.75) is 12.4 Å². The molecule has 2 aromatic heterocycles. The van der Waals surface area contributed by atoms with Crippen LogP contribution in [0.2, 0.25) is 0 Å². The van der Waals surface area contributed by atoms with E-state index in [1.807, 2.05) is 0 Å². The molecular weight excluding hydrogens is 438 g/mol. The molecule has 0 N–H and O–H groups in total. The first-order valence-electron chi connectivity index (χ1n) is 9.54. The van der Waals surface area contributed by atoms with Gasteiger partial charge in [-0.2, -0.15) is 26.3 Å². The van der Waals surface area contributed by atoms with Gasteiger partial charge >= 0.3 is 12.4 Å². The molecule has 0 atom stereocenters. The fourth-order valence-corrected chi connectivity index (χ4v) is 3.57. The van der Waals surface area contributed by atoms with Crippen LogP contribution in [0.4, 0.5) is 37.7 Å². The summed E-state index contributed by atoms with van der Waals surface area (Å²) in [4.78, 5) is 12.5. The molecule has 0 fully saturated rings. The number of nitrogens with zero attached hydrogens (tertiary/aromatic N) is 6. The van der Waals surface area contributed by atoms with Gasteiger partial charge < -0.3 is 19.6 Å². The maximum Gasteiger partial charge on any atom is 0.432 e. The average Bonchev–Trinajstić information content (AvgIpc) is 3.38. The third-order valence-corrected chi connectivity index (χ3v) is 5.09. The number of aromatic nitrogens is 2. The molecule has 4 rings (SSSR count). The van der Waals surface area contributed by atoms with Gasteiger partial charge in [0.25, 0.3) is 0 Å². The van der Waals surface area contributed by atoms with E-state index >= 15 is 0 Å². The summed E-state index contributed by atoms with van der Waals surface area (Å²) in [6.45, 7) is -0.757. The predicted octanol–water partition coefficient (Wildman–Crippen LogP) is 4.14. The van der Waals surface area contributed by atoms with Crippen molar-refractivity contribution in [1.29, 1.82) is 0 Å². The third kappa shape index (κ3) is 4.58. The Labute approximate surface area is 179 Å². The zero-order valence-corrected chi connectivity index (χ0v) is 16.6. The minimum atomic E-state index is -4.64. The lowest BCUT2D eigenvalue weighted by Gasteiger charge is -2.30. The average molecular weight is 456 g/mol. The highest BCUT2D eigenvalue weighted by Crippen LogP contribution is 2.36. The quantitative estimate of drug-likeness (QED) is 0.630. The van der Waals surface area contributed by atoms with E-state index < -0.39 is 23.7 Å². The molecule has 2 aromatic rings. The second kappa shape index (κ2) is 8.24. The van der Waals surface area contributed by atoms with Crippen molar-refractivity contribution in [3.05, 3.63) is 72.8 Å². The van der Waals surface area contributed by atoms with Gasteiger partial charge in [0.2, 0.25) is 0 Å². The molecule has 6 nitrogen and oxygen atoms in total. The highest BCUT2D eigenvalue weighted by molar-refractivity contribution is 5.51. The van der Waals surface area contributed by atoms with Gasteiger partial charge in [-0.3, -0.25) is 9.97 Å². The Bertz CT molecular complexity index is 908. The number of halogens is 6. The van der Waals surface area contributed by atoms with Crippen LogP contribution in [0.25, 0.3) is 0 Å². The van der Waals surface area contributed by atoms with Crippen molar-refractivity contribution in [2.75, 3.05) is 36.2 Å². The largest absolute Gasteiger partial charge is 0.432 e. The third-order valence-electron chi connectivity index (χ3n) is 5.09. The van der Waals surface area contributed by atoms with Gasteiger partial charge in [-0.05, 0) is 24.3 Å². The molecule has 4 heterocycles. The lowest BCUT2D eigenvalue weighted by Crippen LogP contribution is -2.40. The van der Waals surface area contributed by atoms with E-state index in [9.17, 15) is 26.3 Å². The number of rotatable bonds is 5. The van der Waals surface area contributed by atoms with Gasteiger partial charge in [0, 0.05) is 61.7 Å². The summed E-state index contributed by atoms with van der Waals surface area (Å²) in [5, 5.41) is 0. The number of alkyl halides is 6. The van der Waals surface area contributed by atoms with Crippen LogP contribution in [0.1, 0.15) is 0 Å². The van der Waals surface area contributed by atoms with Gasteiger partial charge in [0.1, 0.15) is 11.4 Å². The van der Waals surface area contributed by atoms with Crippen LogP contribution >= 0.6 is 0 Å². The summed E-state index contributed by atoms with van der Waals surface area (Å²) < 4.78 is 81.5. The van der Waals surface area contributed by atoms with Crippen LogP contribution in [-0.2, 0) is 0 Å². The van der Waals surface area contributed by atoms with Gasteiger partial charge in [-0.1, -0.05) is 0 Å². The SMILES string of the molecule is FC(F)(F)C1=CN(c2ccncc2)CN1CCN1CN(c2ccncc2)C=C1C(F)(F)F. The first kappa shape index (κ1) is 21.8. The first-order valence-corrected chi connectivity index (χ1v) is 9.54. The second-order valence-electron chi connectivity index (χ2n) is 7.18.